The average Bonchev–Trinajstić information content (AvgIpc) is 2.22. The van der Waals surface area contributed by atoms with Gasteiger partial charge in [-0.15, -0.1) is 0 Å². The van der Waals surface area contributed by atoms with Gasteiger partial charge >= 0.3 is 0 Å². The molecule has 0 radical (unpaired) electrons. The third kappa shape index (κ3) is 1.58. The first-order valence-electron chi connectivity index (χ1n) is 3.94. The summed E-state index contributed by atoms with van der Waals surface area (Å²) in [4.78, 5) is 11.6. The van der Waals surface area contributed by atoms with Gasteiger partial charge in [0, 0.05) is 6.07 Å². The Morgan fingerprint density at radius 2 is 1.93 bits per heavy atom. The van der Waals surface area contributed by atoms with E-state index < -0.39 is 5.43 Å². The Balaban J connectivity index is 2.96. The molecule has 2 rings (SSSR count). The first kappa shape index (κ1) is 10.0. The topological polar surface area (TPSA) is 54.0 Å². The summed E-state index contributed by atoms with van der Waals surface area (Å²) < 4.78 is 5.08. The van der Waals surface area contributed by atoms with Crippen LogP contribution >= 0.6 is 23.2 Å². The monoisotopic (exact) mass is 239 g/mol. The van der Waals surface area contributed by atoms with Gasteiger partial charge < -0.3 is 4.42 Å². The predicted molar refractivity (Wildman–Crippen MR) is 57.2 cm³/mol. The summed E-state index contributed by atoms with van der Waals surface area (Å²) in [6.07, 6.45) is 1.11. The SMILES string of the molecule is N#Cc1coc2cc(Cl)c(Cl)cc2c1=O. The van der Waals surface area contributed by atoms with Crippen molar-refractivity contribution >= 4 is 34.2 Å². The van der Waals surface area contributed by atoms with Crippen LogP contribution in [0.5, 0.6) is 0 Å². The van der Waals surface area contributed by atoms with Crippen molar-refractivity contribution in [2.45, 2.75) is 0 Å². The van der Waals surface area contributed by atoms with Crippen LogP contribution in [0.3, 0.4) is 0 Å². The standard InChI is InChI=1S/C10H3Cl2NO2/c11-7-1-6-9(2-8(7)12)15-4-5(3-13)10(6)14/h1-2,4H. The summed E-state index contributed by atoms with van der Waals surface area (Å²) in [5, 5.41) is 9.44. The molecule has 0 bridgehead atoms. The molecule has 74 valence electrons. The number of benzene rings is 1. The van der Waals surface area contributed by atoms with Crippen LogP contribution in [0.25, 0.3) is 11.0 Å². The molecule has 0 unspecified atom stereocenters. The zero-order valence-corrected chi connectivity index (χ0v) is 8.76. The zero-order valence-electron chi connectivity index (χ0n) is 7.25. The Bertz CT molecular complexity index is 640. The van der Waals surface area contributed by atoms with Crippen LogP contribution in [0.15, 0.2) is 27.6 Å². The van der Waals surface area contributed by atoms with E-state index >= 15 is 0 Å². The lowest BCUT2D eigenvalue weighted by Crippen LogP contribution is -2.05. The van der Waals surface area contributed by atoms with Gasteiger partial charge in [0.1, 0.15) is 23.5 Å². The highest BCUT2D eigenvalue weighted by Crippen LogP contribution is 2.26. The number of halogens is 2. The van der Waals surface area contributed by atoms with E-state index in [9.17, 15) is 4.79 Å². The van der Waals surface area contributed by atoms with Crippen molar-refractivity contribution in [3.05, 3.63) is 44.2 Å². The van der Waals surface area contributed by atoms with Crippen LogP contribution < -0.4 is 5.43 Å². The molecule has 5 heteroatoms. The van der Waals surface area contributed by atoms with Gasteiger partial charge in [-0.2, -0.15) is 5.26 Å². The fourth-order valence-corrected chi connectivity index (χ4v) is 1.52. The minimum absolute atomic E-state index is 0.0547. The second-order valence-electron chi connectivity index (χ2n) is 2.85. The lowest BCUT2D eigenvalue weighted by molar-refractivity contribution is 0.600. The molecule has 1 aromatic carbocycles. The number of fused-ring (bicyclic) bond motifs is 1. The first-order valence-corrected chi connectivity index (χ1v) is 4.69. The second-order valence-corrected chi connectivity index (χ2v) is 3.67. The van der Waals surface area contributed by atoms with E-state index in [-0.39, 0.29) is 16.0 Å². The maximum atomic E-state index is 11.6. The largest absolute Gasteiger partial charge is 0.463 e. The van der Waals surface area contributed by atoms with E-state index in [1.807, 2.05) is 0 Å². The van der Waals surface area contributed by atoms with E-state index in [4.69, 9.17) is 32.9 Å². The normalized spacial score (nSPS) is 10.2. The molecule has 0 fully saturated rings. The molecule has 1 aromatic heterocycles. The van der Waals surface area contributed by atoms with Crippen LogP contribution in [0, 0.1) is 11.3 Å². The summed E-state index contributed by atoms with van der Waals surface area (Å²) in [5.41, 5.74) is -0.147. The van der Waals surface area contributed by atoms with Gasteiger partial charge in [0.2, 0.25) is 5.43 Å². The lowest BCUT2D eigenvalue weighted by Gasteiger charge is -1.99. The first-order chi connectivity index (χ1) is 7.13. The number of rotatable bonds is 0. The molecular formula is C10H3Cl2NO2. The smallest absolute Gasteiger partial charge is 0.210 e. The maximum absolute atomic E-state index is 11.6. The molecule has 0 aliphatic carbocycles. The van der Waals surface area contributed by atoms with Crippen molar-refractivity contribution in [2.24, 2.45) is 0 Å². The van der Waals surface area contributed by atoms with Crippen molar-refractivity contribution in [3.8, 4) is 6.07 Å². The van der Waals surface area contributed by atoms with Crippen molar-refractivity contribution in [2.75, 3.05) is 0 Å². The number of nitrogens with zero attached hydrogens (tertiary/aromatic N) is 1. The zero-order chi connectivity index (χ0) is 11.0. The highest BCUT2D eigenvalue weighted by molar-refractivity contribution is 6.42. The molecule has 0 N–H and O–H groups in total. The maximum Gasteiger partial charge on any atom is 0.210 e. The second kappa shape index (κ2) is 3.58. The summed E-state index contributed by atoms with van der Waals surface area (Å²) >= 11 is 11.5. The lowest BCUT2D eigenvalue weighted by atomic mass is 10.2. The van der Waals surface area contributed by atoms with E-state index in [1.165, 1.54) is 12.1 Å². The minimum Gasteiger partial charge on any atom is -0.463 e. The van der Waals surface area contributed by atoms with Crippen LogP contribution in [0.2, 0.25) is 10.0 Å². The number of nitriles is 1. The minimum atomic E-state index is -0.405. The molecule has 15 heavy (non-hydrogen) atoms. The molecule has 0 aliphatic rings. The highest BCUT2D eigenvalue weighted by Gasteiger charge is 2.09. The van der Waals surface area contributed by atoms with E-state index in [0.717, 1.165) is 6.26 Å². The molecular weight excluding hydrogens is 237 g/mol. The summed E-state index contributed by atoms with van der Waals surface area (Å²) in [7, 11) is 0. The number of hydrogen-bond acceptors (Lipinski definition) is 3. The molecule has 2 aromatic rings. The molecule has 0 saturated heterocycles. The third-order valence-corrected chi connectivity index (χ3v) is 2.66. The van der Waals surface area contributed by atoms with E-state index in [1.54, 1.807) is 6.07 Å². The van der Waals surface area contributed by atoms with Gasteiger partial charge in [0.25, 0.3) is 0 Å². The Morgan fingerprint density at radius 1 is 1.27 bits per heavy atom. The van der Waals surface area contributed by atoms with Crippen LogP contribution in [-0.2, 0) is 0 Å². The van der Waals surface area contributed by atoms with Crippen LogP contribution in [-0.4, -0.2) is 0 Å². The van der Waals surface area contributed by atoms with Gasteiger partial charge in [0.15, 0.2) is 0 Å². The molecule has 0 aliphatic heterocycles. The van der Waals surface area contributed by atoms with Crippen molar-refractivity contribution in [3.63, 3.8) is 0 Å². The van der Waals surface area contributed by atoms with Crippen molar-refractivity contribution < 1.29 is 4.42 Å². The van der Waals surface area contributed by atoms with Gasteiger partial charge in [0.05, 0.1) is 15.4 Å². The Hall–Kier alpha value is -1.50. The average molecular weight is 240 g/mol. The van der Waals surface area contributed by atoms with Gasteiger partial charge in [-0.3, -0.25) is 4.79 Å². The molecule has 0 amide bonds. The van der Waals surface area contributed by atoms with Crippen molar-refractivity contribution in [1.29, 1.82) is 5.26 Å². The van der Waals surface area contributed by atoms with Crippen LogP contribution in [0.4, 0.5) is 0 Å². The Morgan fingerprint density at radius 3 is 2.60 bits per heavy atom. The fraction of sp³-hybridized carbons (Fsp3) is 0. The van der Waals surface area contributed by atoms with Crippen LogP contribution in [0.1, 0.15) is 5.56 Å². The quantitative estimate of drug-likeness (QED) is 0.711. The fourth-order valence-electron chi connectivity index (χ4n) is 1.20. The van der Waals surface area contributed by atoms with Gasteiger partial charge in [-0.1, -0.05) is 23.2 Å². The van der Waals surface area contributed by atoms with Gasteiger partial charge in [-0.25, -0.2) is 0 Å². The predicted octanol–water partition coefficient (Wildman–Crippen LogP) is 2.97. The Kier molecular flexibility index (Phi) is 2.39. The molecule has 0 spiro atoms. The molecule has 1 heterocycles. The summed E-state index contributed by atoms with van der Waals surface area (Å²) in [6.45, 7) is 0. The summed E-state index contributed by atoms with van der Waals surface area (Å²) in [6, 6.07) is 4.58. The van der Waals surface area contributed by atoms with E-state index in [0.29, 0.717) is 10.6 Å². The highest BCUT2D eigenvalue weighted by atomic mass is 35.5. The summed E-state index contributed by atoms with van der Waals surface area (Å²) in [5.74, 6) is 0. The Labute approximate surface area is 94.4 Å². The number of hydrogen-bond donors (Lipinski definition) is 0. The third-order valence-electron chi connectivity index (χ3n) is 1.94. The van der Waals surface area contributed by atoms with Gasteiger partial charge in [-0.05, 0) is 6.07 Å². The molecule has 3 nitrogen and oxygen atoms in total. The molecule has 0 atom stereocenters. The van der Waals surface area contributed by atoms with E-state index in [2.05, 4.69) is 0 Å². The van der Waals surface area contributed by atoms with Crippen molar-refractivity contribution in [1.82, 2.24) is 0 Å². The molecule has 0 saturated carbocycles.